The van der Waals surface area contributed by atoms with Gasteiger partial charge in [-0.05, 0) is 5.56 Å². The molecule has 7 nitrogen and oxygen atoms in total. The first-order chi connectivity index (χ1) is 16.9. The lowest BCUT2D eigenvalue weighted by atomic mass is 10.1. The summed E-state index contributed by atoms with van der Waals surface area (Å²) in [5.74, 6) is -0.475. The number of hydrogen-bond donors (Lipinski definition) is 2. The van der Waals surface area contributed by atoms with Crippen molar-refractivity contribution in [2.24, 2.45) is 7.05 Å². The Balaban J connectivity index is 1.67. The van der Waals surface area contributed by atoms with E-state index in [1.165, 1.54) is 11.6 Å². The van der Waals surface area contributed by atoms with Crippen molar-refractivity contribution in [1.82, 2.24) is 9.13 Å². The maximum absolute atomic E-state index is 13.5. The minimum atomic E-state index is -0.666. The van der Waals surface area contributed by atoms with E-state index in [-0.39, 0.29) is 30.3 Å². The quantitative estimate of drug-likeness (QED) is 0.365. The standard InChI is InChI=1S/C28H28N4O3/c1-30-27(34)25(26(29)32(28(30)35)19-23-15-9-4-10-16-23)24(33)20-31(17-21-11-5-2-6-12-21)18-22-13-7-3-8-14-22/h2-16H,17-20,29H2,1H3/p+1. The Labute approximate surface area is 203 Å². The predicted octanol–water partition coefficient (Wildman–Crippen LogP) is 1.65. The number of carbonyl (C=O) groups is 1. The number of ketones is 1. The van der Waals surface area contributed by atoms with Crippen LogP contribution < -0.4 is 21.9 Å². The summed E-state index contributed by atoms with van der Waals surface area (Å²) in [6.45, 7) is 1.44. The maximum atomic E-state index is 13.5. The molecule has 1 aromatic heterocycles. The summed E-state index contributed by atoms with van der Waals surface area (Å²) >= 11 is 0. The summed E-state index contributed by atoms with van der Waals surface area (Å²) in [7, 11) is 1.38. The van der Waals surface area contributed by atoms with Crippen LogP contribution in [-0.4, -0.2) is 21.5 Å². The van der Waals surface area contributed by atoms with Crippen LogP contribution in [0.25, 0.3) is 0 Å². The molecule has 0 saturated carbocycles. The number of benzene rings is 3. The van der Waals surface area contributed by atoms with E-state index in [0.717, 1.165) is 26.2 Å². The van der Waals surface area contributed by atoms with Crippen LogP contribution in [0.4, 0.5) is 5.82 Å². The second kappa shape index (κ2) is 10.8. The van der Waals surface area contributed by atoms with Gasteiger partial charge in [0.2, 0.25) is 5.78 Å². The monoisotopic (exact) mass is 469 g/mol. The number of nitrogens with one attached hydrogen (secondary N) is 1. The molecule has 0 radical (unpaired) electrons. The number of hydrogen-bond acceptors (Lipinski definition) is 4. The molecule has 1 heterocycles. The van der Waals surface area contributed by atoms with Crippen molar-refractivity contribution >= 4 is 11.6 Å². The molecule has 178 valence electrons. The van der Waals surface area contributed by atoms with Crippen LogP contribution in [0.2, 0.25) is 0 Å². The molecule has 35 heavy (non-hydrogen) atoms. The van der Waals surface area contributed by atoms with Crippen LogP contribution in [0.1, 0.15) is 27.0 Å². The lowest BCUT2D eigenvalue weighted by Gasteiger charge is -2.20. The average Bonchev–Trinajstić information content (AvgIpc) is 2.87. The van der Waals surface area contributed by atoms with Gasteiger partial charge in [0.25, 0.3) is 5.56 Å². The Hall–Kier alpha value is -4.23. The van der Waals surface area contributed by atoms with Crippen LogP contribution in [0, 0.1) is 0 Å². The molecule has 0 aliphatic carbocycles. The Morgan fingerprint density at radius 1 is 0.771 bits per heavy atom. The summed E-state index contributed by atoms with van der Waals surface area (Å²) in [4.78, 5) is 40.3. The first-order valence-corrected chi connectivity index (χ1v) is 11.5. The number of anilines is 1. The number of carbonyl (C=O) groups excluding carboxylic acids is 1. The van der Waals surface area contributed by atoms with Crippen LogP contribution in [0.15, 0.2) is 101 Å². The van der Waals surface area contributed by atoms with E-state index in [4.69, 9.17) is 5.73 Å². The third-order valence-corrected chi connectivity index (χ3v) is 6.05. The van der Waals surface area contributed by atoms with Crippen molar-refractivity contribution in [2.45, 2.75) is 19.6 Å². The molecule has 4 aromatic rings. The van der Waals surface area contributed by atoms with Gasteiger partial charge < -0.3 is 10.6 Å². The molecule has 0 saturated heterocycles. The second-order valence-electron chi connectivity index (χ2n) is 8.65. The summed E-state index contributed by atoms with van der Waals surface area (Å²) in [6.07, 6.45) is 0. The van der Waals surface area contributed by atoms with E-state index in [9.17, 15) is 14.4 Å². The zero-order chi connectivity index (χ0) is 24.8. The molecule has 0 spiro atoms. The molecule has 0 aliphatic rings. The first-order valence-electron chi connectivity index (χ1n) is 11.5. The number of quaternary nitrogens is 1. The zero-order valence-electron chi connectivity index (χ0n) is 19.7. The molecular weight excluding hydrogens is 440 g/mol. The number of Topliss-reactive ketones (excluding diaryl/α,β-unsaturated/α-hetero) is 1. The highest BCUT2D eigenvalue weighted by molar-refractivity contribution is 6.00. The lowest BCUT2D eigenvalue weighted by Crippen LogP contribution is -3.10. The third-order valence-electron chi connectivity index (χ3n) is 6.05. The number of rotatable bonds is 9. The molecular formula is C28H29N4O3+. The van der Waals surface area contributed by atoms with Gasteiger partial charge in [-0.25, -0.2) is 4.79 Å². The fourth-order valence-corrected chi connectivity index (χ4v) is 4.24. The van der Waals surface area contributed by atoms with E-state index in [1.54, 1.807) is 0 Å². The van der Waals surface area contributed by atoms with Crippen molar-refractivity contribution < 1.29 is 9.69 Å². The van der Waals surface area contributed by atoms with Gasteiger partial charge in [0.1, 0.15) is 31.0 Å². The van der Waals surface area contributed by atoms with Crippen molar-refractivity contribution in [2.75, 3.05) is 12.3 Å². The SMILES string of the molecule is Cn1c(=O)c(C(=O)C[NH+](Cc2ccccc2)Cc2ccccc2)c(N)n(Cc2ccccc2)c1=O. The molecule has 7 heteroatoms. The van der Waals surface area contributed by atoms with Crippen molar-refractivity contribution in [1.29, 1.82) is 0 Å². The Bertz CT molecular complexity index is 1370. The van der Waals surface area contributed by atoms with Gasteiger partial charge in [0, 0.05) is 18.2 Å². The molecule has 3 N–H and O–H groups in total. The Morgan fingerprint density at radius 3 is 1.71 bits per heavy atom. The maximum Gasteiger partial charge on any atom is 0.332 e. The Morgan fingerprint density at radius 2 is 1.23 bits per heavy atom. The van der Waals surface area contributed by atoms with E-state index in [0.29, 0.717) is 13.1 Å². The van der Waals surface area contributed by atoms with Crippen LogP contribution in [0.3, 0.4) is 0 Å². The lowest BCUT2D eigenvalue weighted by molar-refractivity contribution is -0.919. The van der Waals surface area contributed by atoms with Gasteiger partial charge in [-0.1, -0.05) is 91.0 Å². The highest BCUT2D eigenvalue weighted by atomic mass is 16.2. The number of aromatic nitrogens is 2. The number of nitrogen functional groups attached to an aromatic ring is 1. The van der Waals surface area contributed by atoms with Gasteiger partial charge in [0.05, 0.1) is 6.54 Å². The minimum Gasteiger partial charge on any atom is -0.384 e. The van der Waals surface area contributed by atoms with Gasteiger partial charge in [-0.3, -0.25) is 18.7 Å². The number of nitrogens with zero attached hydrogens (tertiary/aromatic N) is 2. The van der Waals surface area contributed by atoms with Crippen molar-refractivity contribution in [3.8, 4) is 0 Å². The van der Waals surface area contributed by atoms with Crippen LogP contribution in [-0.2, 0) is 26.7 Å². The largest absolute Gasteiger partial charge is 0.384 e. The summed E-state index contributed by atoms with van der Waals surface area (Å²) in [5, 5.41) is 0. The highest BCUT2D eigenvalue weighted by Gasteiger charge is 2.25. The third kappa shape index (κ3) is 5.65. The van der Waals surface area contributed by atoms with E-state index in [2.05, 4.69) is 0 Å². The average molecular weight is 470 g/mol. The van der Waals surface area contributed by atoms with Crippen LogP contribution in [0.5, 0.6) is 0 Å². The second-order valence-corrected chi connectivity index (χ2v) is 8.65. The number of nitrogens with two attached hydrogens (primary N) is 1. The smallest absolute Gasteiger partial charge is 0.332 e. The van der Waals surface area contributed by atoms with E-state index < -0.39 is 11.2 Å². The van der Waals surface area contributed by atoms with E-state index in [1.807, 2.05) is 91.0 Å². The predicted molar refractivity (Wildman–Crippen MR) is 136 cm³/mol. The molecule has 0 bridgehead atoms. The topological polar surface area (TPSA) is 91.5 Å². The molecule has 0 aliphatic heterocycles. The minimum absolute atomic E-state index is 0.0623. The summed E-state index contributed by atoms with van der Waals surface area (Å²) in [6, 6.07) is 29.1. The normalized spacial score (nSPS) is 11.0. The van der Waals surface area contributed by atoms with Gasteiger partial charge >= 0.3 is 5.69 Å². The summed E-state index contributed by atoms with van der Waals surface area (Å²) in [5.41, 5.74) is 7.96. The van der Waals surface area contributed by atoms with E-state index >= 15 is 0 Å². The zero-order valence-corrected chi connectivity index (χ0v) is 19.7. The Kier molecular flexibility index (Phi) is 7.38. The van der Waals surface area contributed by atoms with Gasteiger partial charge in [-0.15, -0.1) is 0 Å². The van der Waals surface area contributed by atoms with Crippen molar-refractivity contribution in [3.63, 3.8) is 0 Å². The first kappa shape index (κ1) is 23.9. The highest BCUT2D eigenvalue weighted by Crippen LogP contribution is 2.09. The fourth-order valence-electron chi connectivity index (χ4n) is 4.24. The molecule has 0 atom stereocenters. The molecule has 0 amide bonds. The van der Waals surface area contributed by atoms with Crippen LogP contribution >= 0.6 is 0 Å². The summed E-state index contributed by atoms with van der Waals surface area (Å²) < 4.78 is 2.25. The molecule has 3 aromatic carbocycles. The van der Waals surface area contributed by atoms with Gasteiger partial charge in [-0.2, -0.15) is 0 Å². The van der Waals surface area contributed by atoms with Crippen molar-refractivity contribution in [3.05, 3.63) is 134 Å². The van der Waals surface area contributed by atoms with Gasteiger partial charge in [0.15, 0.2) is 0 Å². The molecule has 0 unspecified atom stereocenters. The fraction of sp³-hybridized carbons (Fsp3) is 0.179. The molecule has 4 rings (SSSR count). The molecule has 0 fully saturated rings.